The van der Waals surface area contributed by atoms with E-state index in [0.29, 0.717) is 30.8 Å². The van der Waals surface area contributed by atoms with Gasteiger partial charge in [-0.05, 0) is 49.1 Å². The Morgan fingerprint density at radius 3 is 2.29 bits per heavy atom. The van der Waals surface area contributed by atoms with Crippen LogP contribution in [0.1, 0.15) is 37.7 Å². The van der Waals surface area contributed by atoms with Gasteiger partial charge in [-0.3, -0.25) is 4.90 Å². The lowest BCUT2D eigenvalue weighted by atomic mass is 9.89. The molecule has 1 saturated heterocycles. The van der Waals surface area contributed by atoms with E-state index in [0.717, 1.165) is 31.6 Å². The van der Waals surface area contributed by atoms with Gasteiger partial charge in [0.15, 0.2) is 0 Å². The van der Waals surface area contributed by atoms with E-state index < -0.39 is 17.8 Å². The highest BCUT2D eigenvalue weighted by Gasteiger charge is 2.32. The van der Waals surface area contributed by atoms with Gasteiger partial charge in [-0.15, -0.1) is 0 Å². The molecule has 2 aromatic rings. The van der Waals surface area contributed by atoms with Crippen molar-refractivity contribution in [1.29, 1.82) is 0 Å². The van der Waals surface area contributed by atoms with E-state index in [1.165, 1.54) is 44.2 Å². The first kappa shape index (κ1) is 24.6. The van der Waals surface area contributed by atoms with Crippen LogP contribution in [0, 0.1) is 5.92 Å². The molecule has 0 unspecified atom stereocenters. The van der Waals surface area contributed by atoms with E-state index in [-0.39, 0.29) is 10.9 Å². The van der Waals surface area contributed by atoms with Gasteiger partial charge >= 0.3 is 12.3 Å². The summed E-state index contributed by atoms with van der Waals surface area (Å²) in [6, 6.07) is 6.91. The standard InChI is InChI=1S/C24H27ClF3N3O3/c25-21-14-18(24(26,27)28)15-29-22(21)33-19-6-8-20(9-7-19)34-23(32)31-12-10-30(11-13-31)16-17-4-2-1-3-5-17/h6-9,14-15,17H,1-5,10-13,16H2. The Bertz CT molecular complexity index is 974. The number of benzene rings is 1. The number of carbonyl (C=O) groups is 1. The lowest BCUT2D eigenvalue weighted by molar-refractivity contribution is -0.137. The van der Waals surface area contributed by atoms with Crippen molar-refractivity contribution in [2.75, 3.05) is 32.7 Å². The minimum Gasteiger partial charge on any atom is -0.438 e. The maximum atomic E-state index is 12.7. The van der Waals surface area contributed by atoms with E-state index in [1.807, 2.05) is 0 Å². The molecule has 0 N–H and O–H groups in total. The van der Waals surface area contributed by atoms with Crippen molar-refractivity contribution in [3.8, 4) is 17.4 Å². The number of carbonyl (C=O) groups excluding carboxylic acids is 1. The largest absolute Gasteiger partial charge is 0.438 e. The van der Waals surface area contributed by atoms with Crippen LogP contribution in [0.15, 0.2) is 36.5 Å². The summed E-state index contributed by atoms with van der Waals surface area (Å²) >= 11 is 5.87. The molecule has 184 valence electrons. The fourth-order valence-corrected chi connectivity index (χ4v) is 4.56. The Morgan fingerprint density at radius 1 is 1.03 bits per heavy atom. The third kappa shape index (κ3) is 6.54. The number of halogens is 4. The van der Waals surface area contributed by atoms with Gasteiger partial charge in [0.2, 0.25) is 5.88 Å². The number of rotatable bonds is 5. The molecule has 1 aromatic heterocycles. The number of alkyl halides is 3. The normalized spacial score (nSPS) is 18.1. The first-order valence-corrected chi connectivity index (χ1v) is 11.9. The number of hydrogen-bond donors (Lipinski definition) is 0. The second-order valence-electron chi connectivity index (χ2n) is 8.74. The van der Waals surface area contributed by atoms with E-state index in [4.69, 9.17) is 21.1 Å². The van der Waals surface area contributed by atoms with Gasteiger partial charge in [-0.25, -0.2) is 9.78 Å². The number of piperazine rings is 1. The summed E-state index contributed by atoms with van der Waals surface area (Å²) in [6.45, 7) is 4.07. The van der Waals surface area contributed by atoms with Crippen LogP contribution in [0.25, 0.3) is 0 Å². The van der Waals surface area contributed by atoms with E-state index >= 15 is 0 Å². The minimum atomic E-state index is -4.54. The van der Waals surface area contributed by atoms with Crippen LogP contribution in [-0.4, -0.2) is 53.6 Å². The Balaban J connectivity index is 1.25. The van der Waals surface area contributed by atoms with Gasteiger partial charge in [-0.1, -0.05) is 30.9 Å². The van der Waals surface area contributed by atoms with Crippen LogP contribution in [0.4, 0.5) is 18.0 Å². The predicted octanol–water partition coefficient (Wildman–Crippen LogP) is 6.24. The van der Waals surface area contributed by atoms with Crippen molar-refractivity contribution in [2.45, 2.75) is 38.3 Å². The summed E-state index contributed by atoms with van der Waals surface area (Å²) in [6.07, 6.45) is 2.34. The molecule has 10 heteroatoms. The zero-order chi connectivity index (χ0) is 24.1. The third-order valence-corrected chi connectivity index (χ3v) is 6.52. The molecule has 1 aromatic carbocycles. The monoisotopic (exact) mass is 497 g/mol. The molecule has 1 amide bonds. The van der Waals surface area contributed by atoms with Crippen LogP contribution in [0.2, 0.25) is 5.02 Å². The van der Waals surface area contributed by atoms with E-state index in [2.05, 4.69) is 9.88 Å². The molecule has 2 heterocycles. The van der Waals surface area contributed by atoms with Crippen LogP contribution in [0.3, 0.4) is 0 Å². The number of nitrogens with zero attached hydrogens (tertiary/aromatic N) is 3. The minimum absolute atomic E-state index is 0.148. The number of aromatic nitrogens is 1. The highest BCUT2D eigenvalue weighted by molar-refractivity contribution is 6.31. The Labute approximate surface area is 201 Å². The Morgan fingerprint density at radius 2 is 1.68 bits per heavy atom. The van der Waals surface area contributed by atoms with Crippen LogP contribution in [0.5, 0.6) is 17.4 Å². The zero-order valence-electron chi connectivity index (χ0n) is 18.7. The smallest absolute Gasteiger partial charge is 0.417 e. The summed E-state index contributed by atoms with van der Waals surface area (Å²) in [5.74, 6) is 1.27. The number of ether oxygens (including phenoxy) is 2. The molecule has 4 rings (SSSR count). The first-order valence-electron chi connectivity index (χ1n) is 11.5. The molecular formula is C24H27ClF3N3O3. The number of amides is 1. The maximum Gasteiger partial charge on any atom is 0.417 e. The lowest BCUT2D eigenvalue weighted by Gasteiger charge is -2.36. The molecule has 2 aliphatic rings. The molecule has 1 aliphatic heterocycles. The summed E-state index contributed by atoms with van der Waals surface area (Å²) in [5.41, 5.74) is -0.957. The molecule has 1 saturated carbocycles. The predicted molar refractivity (Wildman–Crippen MR) is 121 cm³/mol. The van der Waals surface area contributed by atoms with Crippen molar-refractivity contribution < 1.29 is 27.4 Å². The Hall–Kier alpha value is -2.52. The highest BCUT2D eigenvalue weighted by atomic mass is 35.5. The third-order valence-electron chi connectivity index (χ3n) is 6.25. The number of pyridine rings is 1. The van der Waals surface area contributed by atoms with Gasteiger partial charge in [0.05, 0.1) is 5.56 Å². The first-order chi connectivity index (χ1) is 16.3. The second-order valence-corrected chi connectivity index (χ2v) is 9.15. The molecule has 6 nitrogen and oxygen atoms in total. The molecule has 2 fully saturated rings. The van der Waals surface area contributed by atoms with Crippen LogP contribution < -0.4 is 9.47 Å². The average Bonchev–Trinajstić information content (AvgIpc) is 2.82. The van der Waals surface area contributed by atoms with Crippen LogP contribution >= 0.6 is 11.6 Å². The van der Waals surface area contributed by atoms with Crippen molar-refractivity contribution >= 4 is 17.7 Å². The van der Waals surface area contributed by atoms with Gasteiger partial charge < -0.3 is 14.4 Å². The molecule has 0 bridgehead atoms. The van der Waals surface area contributed by atoms with Gasteiger partial charge in [-0.2, -0.15) is 13.2 Å². The van der Waals surface area contributed by atoms with E-state index in [1.54, 1.807) is 17.0 Å². The maximum absolute atomic E-state index is 12.7. The molecule has 0 radical (unpaired) electrons. The lowest BCUT2D eigenvalue weighted by Crippen LogP contribution is -2.50. The fourth-order valence-electron chi connectivity index (χ4n) is 4.36. The van der Waals surface area contributed by atoms with Crippen molar-refractivity contribution in [2.24, 2.45) is 5.92 Å². The quantitative estimate of drug-likeness (QED) is 0.489. The summed E-state index contributed by atoms with van der Waals surface area (Å²) < 4.78 is 49.1. The highest BCUT2D eigenvalue weighted by Crippen LogP contribution is 2.35. The zero-order valence-corrected chi connectivity index (χ0v) is 19.4. The second kappa shape index (κ2) is 10.8. The molecule has 0 atom stereocenters. The fraction of sp³-hybridized carbons (Fsp3) is 0.500. The van der Waals surface area contributed by atoms with Crippen LogP contribution in [-0.2, 0) is 6.18 Å². The molecule has 0 spiro atoms. The van der Waals surface area contributed by atoms with Crippen molar-refractivity contribution in [3.63, 3.8) is 0 Å². The number of hydrogen-bond acceptors (Lipinski definition) is 5. The van der Waals surface area contributed by atoms with E-state index in [9.17, 15) is 18.0 Å². The topological polar surface area (TPSA) is 54.9 Å². The Kier molecular flexibility index (Phi) is 7.83. The average molecular weight is 498 g/mol. The molecule has 34 heavy (non-hydrogen) atoms. The summed E-state index contributed by atoms with van der Waals surface area (Å²) in [7, 11) is 0. The van der Waals surface area contributed by atoms with Crippen molar-refractivity contribution in [3.05, 3.63) is 47.1 Å². The van der Waals surface area contributed by atoms with Crippen molar-refractivity contribution in [1.82, 2.24) is 14.8 Å². The van der Waals surface area contributed by atoms with Gasteiger partial charge in [0.25, 0.3) is 0 Å². The summed E-state index contributed by atoms with van der Waals surface area (Å²) in [5, 5.41) is -0.257. The summed E-state index contributed by atoms with van der Waals surface area (Å²) in [4.78, 5) is 20.3. The molecular weight excluding hydrogens is 471 g/mol. The molecule has 1 aliphatic carbocycles. The van der Waals surface area contributed by atoms with Gasteiger partial charge in [0.1, 0.15) is 16.5 Å². The van der Waals surface area contributed by atoms with Gasteiger partial charge in [0, 0.05) is 38.9 Å². The SMILES string of the molecule is O=C(Oc1ccc(Oc2ncc(C(F)(F)F)cc2Cl)cc1)N1CCN(CC2CCCCC2)CC1.